The fourth-order valence-corrected chi connectivity index (χ4v) is 3.89. The van der Waals surface area contributed by atoms with Crippen molar-refractivity contribution in [1.82, 2.24) is 4.57 Å². The Morgan fingerprint density at radius 1 is 1.07 bits per heavy atom. The number of rotatable bonds is 4. The van der Waals surface area contributed by atoms with Crippen LogP contribution in [0.2, 0.25) is 5.02 Å². The van der Waals surface area contributed by atoms with Crippen molar-refractivity contribution in [1.29, 1.82) is 0 Å². The van der Waals surface area contributed by atoms with E-state index >= 15 is 0 Å². The molecule has 0 saturated heterocycles. The van der Waals surface area contributed by atoms with Crippen molar-refractivity contribution in [3.63, 3.8) is 0 Å². The monoisotopic (exact) mass is 415 g/mol. The number of hydrogen-bond donors (Lipinski definition) is 0. The van der Waals surface area contributed by atoms with Gasteiger partial charge >= 0.3 is 0 Å². The first-order valence-corrected chi connectivity index (χ1v) is 9.96. The zero-order valence-corrected chi connectivity index (χ0v) is 17.0. The summed E-state index contributed by atoms with van der Waals surface area (Å²) in [5, 5.41) is 1.74. The maximum Gasteiger partial charge on any atom is 0.231 e. The van der Waals surface area contributed by atoms with Gasteiger partial charge in [-0.2, -0.15) is 0 Å². The van der Waals surface area contributed by atoms with Gasteiger partial charge in [0.25, 0.3) is 0 Å². The van der Waals surface area contributed by atoms with Crippen LogP contribution in [0.5, 0.6) is 11.5 Å². The summed E-state index contributed by atoms with van der Waals surface area (Å²) < 4.78 is 13.8. The topological polar surface area (TPSA) is 40.5 Å². The molecule has 4 nitrogen and oxygen atoms in total. The molecule has 1 aliphatic heterocycles. The summed E-state index contributed by atoms with van der Waals surface area (Å²) in [7, 11) is 1.99. The number of ketones is 1. The maximum atomic E-state index is 12.8. The molecule has 0 fully saturated rings. The molecule has 30 heavy (non-hydrogen) atoms. The van der Waals surface area contributed by atoms with Crippen LogP contribution in [0.3, 0.4) is 0 Å². The lowest BCUT2D eigenvalue weighted by Gasteiger charge is -2.07. The van der Waals surface area contributed by atoms with E-state index in [-0.39, 0.29) is 5.78 Å². The molecule has 0 radical (unpaired) electrons. The van der Waals surface area contributed by atoms with Crippen molar-refractivity contribution >= 4 is 34.4 Å². The highest BCUT2D eigenvalue weighted by molar-refractivity contribution is 6.30. The van der Waals surface area contributed by atoms with Gasteiger partial charge in [0.1, 0.15) is 18.1 Å². The Bertz CT molecular complexity index is 1320. The van der Waals surface area contributed by atoms with Crippen molar-refractivity contribution < 1.29 is 14.3 Å². The molecular weight excluding hydrogens is 398 g/mol. The summed E-state index contributed by atoms with van der Waals surface area (Å²) in [5.41, 5.74) is 3.55. The Morgan fingerprint density at radius 2 is 1.93 bits per heavy atom. The summed E-state index contributed by atoms with van der Waals surface area (Å²) >= 11 is 6.02. The summed E-state index contributed by atoms with van der Waals surface area (Å²) in [5.74, 6) is 1.33. The number of ether oxygens (including phenoxy) is 2. The molecule has 0 aliphatic carbocycles. The Morgan fingerprint density at radius 3 is 2.80 bits per heavy atom. The van der Waals surface area contributed by atoms with Gasteiger partial charge in [0.05, 0.1) is 5.56 Å². The number of fused-ring (bicyclic) bond motifs is 2. The van der Waals surface area contributed by atoms with Gasteiger partial charge in [0.2, 0.25) is 5.78 Å². The molecular formula is C25H18ClNO3. The Hall–Kier alpha value is -3.50. The number of benzene rings is 3. The second-order valence-electron chi connectivity index (χ2n) is 7.23. The first-order valence-electron chi connectivity index (χ1n) is 9.58. The predicted octanol–water partition coefficient (Wildman–Crippen LogP) is 6.03. The summed E-state index contributed by atoms with van der Waals surface area (Å²) in [6, 6.07) is 20.9. The lowest BCUT2D eigenvalue weighted by Crippen LogP contribution is -1.97. The largest absolute Gasteiger partial charge is 0.489 e. The predicted molar refractivity (Wildman–Crippen MR) is 118 cm³/mol. The standard InChI is InChI=1S/C25H18ClNO3/c1-27-14-17(20-7-2-3-8-22(20)27)12-24-25(28)21-10-9-19(13-23(21)30-24)29-15-16-5-4-6-18(26)11-16/h2-14H,15H2,1H3. The number of halogens is 1. The number of nitrogens with zero attached hydrogens (tertiary/aromatic N) is 1. The zero-order valence-electron chi connectivity index (χ0n) is 16.3. The van der Waals surface area contributed by atoms with Gasteiger partial charge in [0.15, 0.2) is 5.76 Å². The summed E-state index contributed by atoms with van der Waals surface area (Å²) in [4.78, 5) is 12.8. The van der Waals surface area contributed by atoms with E-state index in [1.165, 1.54) is 0 Å². The van der Waals surface area contributed by atoms with Crippen LogP contribution in [0.1, 0.15) is 21.5 Å². The Balaban J connectivity index is 1.39. The van der Waals surface area contributed by atoms with Crippen molar-refractivity contribution in [3.8, 4) is 11.5 Å². The van der Waals surface area contributed by atoms with E-state index in [4.69, 9.17) is 21.1 Å². The second kappa shape index (κ2) is 7.39. The number of aryl methyl sites for hydroxylation is 1. The molecule has 4 aromatic rings. The molecule has 0 spiro atoms. The van der Waals surface area contributed by atoms with Crippen LogP contribution in [0.4, 0.5) is 0 Å². The average Bonchev–Trinajstić information content (AvgIpc) is 3.23. The third-order valence-electron chi connectivity index (χ3n) is 5.15. The minimum atomic E-state index is -0.126. The van der Waals surface area contributed by atoms with Crippen LogP contribution >= 0.6 is 11.6 Å². The lowest BCUT2D eigenvalue weighted by molar-refractivity contribution is 0.101. The van der Waals surface area contributed by atoms with Gasteiger partial charge in [-0.1, -0.05) is 41.9 Å². The average molecular weight is 416 g/mol. The fourth-order valence-electron chi connectivity index (χ4n) is 3.68. The van der Waals surface area contributed by atoms with Crippen molar-refractivity contribution in [2.75, 3.05) is 0 Å². The van der Waals surface area contributed by atoms with E-state index in [9.17, 15) is 4.79 Å². The highest BCUT2D eigenvalue weighted by Gasteiger charge is 2.28. The van der Waals surface area contributed by atoms with E-state index in [0.717, 1.165) is 22.0 Å². The maximum absolute atomic E-state index is 12.8. The smallest absolute Gasteiger partial charge is 0.231 e. The molecule has 1 aromatic heterocycles. The number of aromatic nitrogens is 1. The molecule has 3 aromatic carbocycles. The van der Waals surface area contributed by atoms with Crippen molar-refractivity contribution in [2.24, 2.45) is 7.05 Å². The highest BCUT2D eigenvalue weighted by atomic mass is 35.5. The summed E-state index contributed by atoms with van der Waals surface area (Å²) in [6.07, 6.45) is 3.80. The van der Waals surface area contributed by atoms with E-state index in [2.05, 4.69) is 0 Å². The minimum Gasteiger partial charge on any atom is -0.489 e. The van der Waals surface area contributed by atoms with Crippen LogP contribution in [-0.4, -0.2) is 10.4 Å². The van der Waals surface area contributed by atoms with E-state index in [0.29, 0.717) is 34.5 Å². The van der Waals surface area contributed by atoms with Crippen LogP contribution in [0.15, 0.2) is 78.7 Å². The molecule has 0 N–H and O–H groups in total. The third kappa shape index (κ3) is 3.36. The van der Waals surface area contributed by atoms with Gasteiger partial charge < -0.3 is 14.0 Å². The SMILES string of the molecule is Cn1cc(C=C2Oc3cc(OCc4cccc(Cl)c4)ccc3C2=O)c2ccccc21. The molecule has 0 unspecified atom stereocenters. The number of allylic oxidation sites excluding steroid dienone is 1. The van der Waals surface area contributed by atoms with E-state index in [1.54, 1.807) is 24.3 Å². The molecule has 0 amide bonds. The number of Topliss-reactive ketones (excluding diaryl/α,β-unsaturated/α-hetero) is 1. The van der Waals surface area contributed by atoms with Gasteiger partial charge in [-0.3, -0.25) is 4.79 Å². The van der Waals surface area contributed by atoms with E-state index in [1.807, 2.05) is 66.3 Å². The number of para-hydroxylation sites is 1. The second-order valence-corrected chi connectivity index (χ2v) is 7.67. The van der Waals surface area contributed by atoms with Gasteiger partial charge in [-0.15, -0.1) is 0 Å². The normalized spacial score (nSPS) is 14.2. The van der Waals surface area contributed by atoms with Crippen LogP contribution < -0.4 is 9.47 Å². The molecule has 0 bridgehead atoms. The number of hydrogen-bond acceptors (Lipinski definition) is 3. The molecule has 5 heteroatoms. The quantitative estimate of drug-likeness (QED) is 0.382. The highest BCUT2D eigenvalue weighted by Crippen LogP contribution is 2.36. The molecule has 5 rings (SSSR count). The first kappa shape index (κ1) is 18.5. The Kier molecular flexibility index (Phi) is 4.57. The van der Waals surface area contributed by atoms with Gasteiger partial charge in [0, 0.05) is 40.8 Å². The van der Waals surface area contributed by atoms with Crippen molar-refractivity contribution in [3.05, 3.63) is 100 Å². The third-order valence-corrected chi connectivity index (χ3v) is 5.39. The van der Waals surface area contributed by atoms with Gasteiger partial charge in [-0.25, -0.2) is 0 Å². The minimum absolute atomic E-state index is 0.126. The van der Waals surface area contributed by atoms with Crippen LogP contribution in [0, 0.1) is 0 Å². The van der Waals surface area contributed by atoms with Crippen LogP contribution in [-0.2, 0) is 13.7 Å². The summed E-state index contributed by atoms with van der Waals surface area (Å²) in [6.45, 7) is 0.381. The lowest BCUT2D eigenvalue weighted by atomic mass is 10.1. The Labute approximate surface area is 178 Å². The first-order chi connectivity index (χ1) is 14.6. The molecule has 2 heterocycles. The molecule has 0 saturated carbocycles. The molecule has 1 aliphatic rings. The van der Waals surface area contributed by atoms with Gasteiger partial charge in [-0.05, 0) is 42.0 Å². The number of carbonyl (C=O) groups is 1. The van der Waals surface area contributed by atoms with E-state index < -0.39 is 0 Å². The zero-order chi connectivity index (χ0) is 20.7. The fraction of sp³-hybridized carbons (Fsp3) is 0.0800. The van der Waals surface area contributed by atoms with Crippen molar-refractivity contribution in [2.45, 2.75) is 6.61 Å². The molecule has 0 atom stereocenters. The van der Waals surface area contributed by atoms with Crippen LogP contribution in [0.25, 0.3) is 17.0 Å². The molecule has 148 valence electrons. The number of carbonyl (C=O) groups excluding carboxylic acids is 1.